The molecule has 0 aliphatic carbocycles. The number of anilines is 2. The molecule has 0 unspecified atom stereocenters. The van der Waals surface area contributed by atoms with E-state index in [9.17, 15) is 9.18 Å². The van der Waals surface area contributed by atoms with Crippen molar-refractivity contribution in [2.24, 2.45) is 0 Å². The van der Waals surface area contributed by atoms with Crippen molar-refractivity contribution >= 4 is 33.2 Å². The van der Waals surface area contributed by atoms with Crippen LogP contribution in [0.1, 0.15) is 10.4 Å². The Morgan fingerprint density at radius 3 is 2.70 bits per heavy atom. The molecule has 2 aromatic carbocycles. The summed E-state index contributed by atoms with van der Waals surface area (Å²) in [5, 5.41) is 2.58. The zero-order valence-corrected chi connectivity index (χ0v) is 12.2. The van der Waals surface area contributed by atoms with Gasteiger partial charge in [-0.3, -0.25) is 4.79 Å². The Labute approximate surface area is 123 Å². The van der Waals surface area contributed by atoms with Gasteiger partial charge in [0.1, 0.15) is 11.6 Å². The Bertz CT molecular complexity index is 662. The number of nitrogens with one attached hydrogen (secondary N) is 1. The summed E-state index contributed by atoms with van der Waals surface area (Å²) >= 11 is 3.14. The zero-order chi connectivity index (χ0) is 14.7. The summed E-state index contributed by atoms with van der Waals surface area (Å²) in [5.74, 6) is -0.733. The quantitative estimate of drug-likeness (QED) is 0.842. The van der Waals surface area contributed by atoms with E-state index in [2.05, 4.69) is 21.2 Å². The minimum Gasteiger partial charge on any atom is -0.495 e. The molecule has 0 aliphatic heterocycles. The third-order valence-corrected chi connectivity index (χ3v) is 3.14. The number of ether oxygens (including phenoxy) is 1. The Kier molecular flexibility index (Phi) is 4.24. The molecule has 2 aromatic rings. The van der Waals surface area contributed by atoms with E-state index in [0.717, 1.165) is 0 Å². The van der Waals surface area contributed by atoms with E-state index < -0.39 is 11.7 Å². The number of nitrogen functional groups attached to an aromatic ring is 1. The highest BCUT2D eigenvalue weighted by Crippen LogP contribution is 2.27. The first-order valence-corrected chi connectivity index (χ1v) is 6.50. The summed E-state index contributed by atoms with van der Waals surface area (Å²) in [5.41, 5.74) is 6.46. The lowest BCUT2D eigenvalue weighted by atomic mass is 10.2. The van der Waals surface area contributed by atoms with Crippen LogP contribution in [0, 0.1) is 5.82 Å². The summed E-state index contributed by atoms with van der Waals surface area (Å²) in [6, 6.07) is 9.04. The lowest BCUT2D eigenvalue weighted by Crippen LogP contribution is -2.14. The first-order chi connectivity index (χ1) is 9.51. The molecule has 0 aliphatic rings. The van der Waals surface area contributed by atoms with Crippen molar-refractivity contribution in [2.75, 3.05) is 18.2 Å². The highest BCUT2D eigenvalue weighted by atomic mass is 79.9. The summed E-state index contributed by atoms with van der Waals surface area (Å²) < 4.78 is 19.4. The number of halogens is 2. The molecular formula is C14H12BrFN2O2. The van der Waals surface area contributed by atoms with Gasteiger partial charge in [-0.25, -0.2) is 4.39 Å². The minimum absolute atomic E-state index is 0.0577. The fraction of sp³-hybridized carbons (Fsp3) is 0.0714. The molecule has 20 heavy (non-hydrogen) atoms. The van der Waals surface area contributed by atoms with Crippen LogP contribution >= 0.6 is 15.9 Å². The van der Waals surface area contributed by atoms with Crippen LogP contribution in [0.4, 0.5) is 15.8 Å². The minimum atomic E-state index is -0.611. The third-order valence-electron chi connectivity index (χ3n) is 2.65. The molecule has 104 valence electrons. The topological polar surface area (TPSA) is 64.3 Å². The van der Waals surface area contributed by atoms with Gasteiger partial charge in [-0.2, -0.15) is 0 Å². The third kappa shape index (κ3) is 3.08. The van der Waals surface area contributed by atoms with E-state index in [0.29, 0.717) is 21.6 Å². The maximum atomic E-state index is 13.7. The largest absolute Gasteiger partial charge is 0.495 e. The Balaban J connectivity index is 2.30. The number of hydrogen-bond donors (Lipinski definition) is 2. The molecule has 3 N–H and O–H groups in total. The maximum absolute atomic E-state index is 13.7. The number of amides is 1. The molecule has 0 heterocycles. The molecule has 0 bridgehead atoms. The van der Waals surface area contributed by atoms with Gasteiger partial charge in [0.05, 0.1) is 18.4 Å². The summed E-state index contributed by atoms with van der Waals surface area (Å²) in [6.07, 6.45) is 0. The van der Waals surface area contributed by atoms with Crippen molar-refractivity contribution in [3.05, 3.63) is 52.3 Å². The molecule has 2 rings (SSSR count). The van der Waals surface area contributed by atoms with E-state index in [1.807, 2.05) is 0 Å². The Morgan fingerprint density at radius 1 is 1.30 bits per heavy atom. The van der Waals surface area contributed by atoms with E-state index in [-0.39, 0.29) is 5.56 Å². The number of methoxy groups -OCH3 is 1. The van der Waals surface area contributed by atoms with Gasteiger partial charge in [-0.15, -0.1) is 0 Å². The molecule has 0 atom stereocenters. The summed E-state index contributed by atoms with van der Waals surface area (Å²) in [7, 11) is 1.47. The van der Waals surface area contributed by atoms with Gasteiger partial charge >= 0.3 is 0 Å². The van der Waals surface area contributed by atoms with Crippen molar-refractivity contribution in [2.45, 2.75) is 0 Å². The molecule has 0 saturated heterocycles. The zero-order valence-electron chi connectivity index (χ0n) is 10.6. The normalized spacial score (nSPS) is 10.2. The average Bonchev–Trinajstić information content (AvgIpc) is 2.38. The molecule has 6 heteroatoms. The van der Waals surface area contributed by atoms with E-state index >= 15 is 0 Å². The van der Waals surface area contributed by atoms with Crippen LogP contribution in [0.2, 0.25) is 0 Å². The number of carbonyl (C=O) groups is 1. The van der Waals surface area contributed by atoms with Crippen LogP contribution < -0.4 is 15.8 Å². The molecule has 0 aromatic heterocycles. The first-order valence-electron chi connectivity index (χ1n) is 5.71. The predicted octanol–water partition coefficient (Wildman–Crippen LogP) is 3.43. The monoisotopic (exact) mass is 338 g/mol. The molecule has 1 amide bonds. The molecule has 0 fully saturated rings. The molecule has 0 saturated carbocycles. The summed E-state index contributed by atoms with van der Waals surface area (Å²) in [6.45, 7) is 0. The number of rotatable bonds is 3. The number of benzene rings is 2. The van der Waals surface area contributed by atoms with Crippen LogP contribution in [0.5, 0.6) is 5.75 Å². The van der Waals surface area contributed by atoms with Gasteiger partial charge < -0.3 is 15.8 Å². The molecule has 0 spiro atoms. The van der Waals surface area contributed by atoms with Crippen LogP contribution in [-0.2, 0) is 0 Å². The Hall–Kier alpha value is -2.08. The average molecular weight is 339 g/mol. The number of nitrogens with two attached hydrogens (primary N) is 1. The van der Waals surface area contributed by atoms with Crippen molar-refractivity contribution < 1.29 is 13.9 Å². The molecule has 0 radical (unpaired) electrons. The Morgan fingerprint density at radius 2 is 2.05 bits per heavy atom. The smallest absolute Gasteiger partial charge is 0.258 e. The second-order valence-electron chi connectivity index (χ2n) is 4.04. The van der Waals surface area contributed by atoms with Crippen LogP contribution in [0.15, 0.2) is 40.9 Å². The standard InChI is InChI=1S/C14H12BrFN2O2/c1-20-13-5-3-9(17)7-12(13)18-14(19)10-4-2-8(15)6-11(10)16/h2-7H,17H2,1H3,(H,18,19). The first kappa shape index (κ1) is 14.3. The van der Waals surface area contributed by atoms with Gasteiger partial charge in [-0.05, 0) is 36.4 Å². The van der Waals surface area contributed by atoms with E-state index in [1.165, 1.54) is 19.2 Å². The van der Waals surface area contributed by atoms with Crippen molar-refractivity contribution in [3.63, 3.8) is 0 Å². The second kappa shape index (κ2) is 5.92. The fourth-order valence-electron chi connectivity index (χ4n) is 1.69. The highest BCUT2D eigenvalue weighted by Gasteiger charge is 2.14. The van der Waals surface area contributed by atoms with Gasteiger partial charge in [-0.1, -0.05) is 15.9 Å². The van der Waals surface area contributed by atoms with Crippen LogP contribution in [-0.4, -0.2) is 13.0 Å². The van der Waals surface area contributed by atoms with Gasteiger partial charge in [0.2, 0.25) is 0 Å². The molecular weight excluding hydrogens is 327 g/mol. The maximum Gasteiger partial charge on any atom is 0.258 e. The van der Waals surface area contributed by atoms with Crippen molar-refractivity contribution in [1.29, 1.82) is 0 Å². The predicted molar refractivity (Wildman–Crippen MR) is 79.5 cm³/mol. The SMILES string of the molecule is COc1ccc(N)cc1NC(=O)c1ccc(Br)cc1F. The lowest BCUT2D eigenvalue weighted by molar-refractivity contribution is 0.102. The lowest BCUT2D eigenvalue weighted by Gasteiger charge is -2.11. The van der Waals surface area contributed by atoms with E-state index in [4.69, 9.17) is 10.5 Å². The summed E-state index contributed by atoms with van der Waals surface area (Å²) in [4.78, 5) is 12.1. The van der Waals surface area contributed by atoms with Gasteiger partial charge in [0, 0.05) is 10.2 Å². The molecule has 4 nitrogen and oxygen atoms in total. The fourth-order valence-corrected chi connectivity index (χ4v) is 2.02. The van der Waals surface area contributed by atoms with Gasteiger partial charge in [0.25, 0.3) is 5.91 Å². The van der Waals surface area contributed by atoms with Crippen LogP contribution in [0.3, 0.4) is 0 Å². The highest BCUT2D eigenvalue weighted by molar-refractivity contribution is 9.10. The number of hydrogen-bond acceptors (Lipinski definition) is 3. The van der Waals surface area contributed by atoms with E-state index in [1.54, 1.807) is 24.3 Å². The van der Waals surface area contributed by atoms with Gasteiger partial charge in [0.15, 0.2) is 0 Å². The number of carbonyl (C=O) groups excluding carboxylic acids is 1. The van der Waals surface area contributed by atoms with Crippen molar-refractivity contribution in [3.8, 4) is 5.75 Å². The van der Waals surface area contributed by atoms with Crippen LogP contribution in [0.25, 0.3) is 0 Å². The second-order valence-corrected chi connectivity index (χ2v) is 4.95. The van der Waals surface area contributed by atoms with Crippen molar-refractivity contribution in [1.82, 2.24) is 0 Å².